The van der Waals surface area contributed by atoms with Gasteiger partial charge < -0.3 is 18.9 Å². The van der Waals surface area contributed by atoms with Gasteiger partial charge in [0.2, 0.25) is 0 Å². The van der Waals surface area contributed by atoms with Gasteiger partial charge in [-0.05, 0) is 6.92 Å². The second kappa shape index (κ2) is 4.61. The largest absolute Gasteiger partial charge is 0.492 e. The fourth-order valence-electron chi connectivity index (χ4n) is 2.59. The second-order valence-corrected chi connectivity index (χ2v) is 6.86. The summed E-state index contributed by atoms with van der Waals surface area (Å²) in [6.45, 7) is 4.66. The summed E-state index contributed by atoms with van der Waals surface area (Å²) in [4.78, 5) is 2.41. The van der Waals surface area contributed by atoms with Gasteiger partial charge in [0.1, 0.15) is 31.7 Å². The zero-order chi connectivity index (χ0) is 12.8. The highest BCUT2D eigenvalue weighted by atomic mass is 32.2. The molecule has 1 aromatic rings. The third kappa shape index (κ3) is 1.85. The van der Waals surface area contributed by atoms with Gasteiger partial charge in [0.15, 0.2) is 11.5 Å². The first-order valence-electron chi connectivity index (χ1n) is 6.33. The maximum absolute atomic E-state index is 5.91. The average Bonchev–Trinajstić information content (AvgIpc) is 3.01. The standard InChI is InChI=1S/C13H14O4S2/c1-7-9-11(17-5-4-15-9)13(19-7)12-10-8(6-18-12)14-2-3-16-10/h6,11,13H,2-5H2,1H3. The maximum atomic E-state index is 5.91. The van der Waals surface area contributed by atoms with Crippen molar-refractivity contribution in [1.29, 1.82) is 0 Å². The van der Waals surface area contributed by atoms with E-state index in [0.717, 1.165) is 17.3 Å². The molecule has 4 nitrogen and oxygen atoms in total. The smallest absolute Gasteiger partial charge is 0.176 e. The number of rotatable bonds is 1. The number of thiophene rings is 1. The van der Waals surface area contributed by atoms with Gasteiger partial charge in [-0.3, -0.25) is 0 Å². The summed E-state index contributed by atoms with van der Waals surface area (Å²) < 4.78 is 23.1. The lowest BCUT2D eigenvalue weighted by molar-refractivity contribution is -0.0408. The summed E-state index contributed by atoms with van der Waals surface area (Å²) >= 11 is 3.49. The molecule has 0 aromatic carbocycles. The van der Waals surface area contributed by atoms with Crippen molar-refractivity contribution in [1.82, 2.24) is 0 Å². The number of fused-ring (bicyclic) bond motifs is 2. The molecule has 0 N–H and O–H groups in total. The molecule has 1 saturated heterocycles. The van der Waals surface area contributed by atoms with E-state index in [-0.39, 0.29) is 11.4 Å². The zero-order valence-corrected chi connectivity index (χ0v) is 12.1. The highest BCUT2D eigenvalue weighted by molar-refractivity contribution is 8.03. The second-order valence-electron chi connectivity index (χ2n) is 4.59. The van der Waals surface area contributed by atoms with Crippen LogP contribution in [0.4, 0.5) is 0 Å². The van der Waals surface area contributed by atoms with E-state index >= 15 is 0 Å². The van der Waals surface area contributed by atoms with Crippen LogP contribution in [0.5, 0.6) is 11.5 Å². The molecule has 2 atom stereocenters. The molecule has 0 aliphatic carbocycles. The molecule has 6 heteroatoms. The number of thioether (sulfide) groups is 1. The Balaban J connectivity index is 1.68. The van der Waals surface area contributed by atoms with Gasteiger partial charge in [-0.25, -0.2) is 0 Å². The molecule has 3 aliphatic heterocycles. The molecule has 4 heterocycles. The van der Waals surface area contributed by atoms with Crippen LogP contribution in [-0.2, 0) is 9.47 Å². The molecule has 2 unspecified atom stereocenters. The van der Waals surface area contributed by atoms with Gasteiger partial charge in [-0.15, -0.1) is 23.1 Å². The minimum atomic E-state index is 0.0204. The Hall–Kier alpha value is -0.850. The summed E-state index contributed by atoms with van der Waals surface area (Å²) in [5, 5.41) is 2.26. The van der Waals surface area contributed by atoms with Crippen molar-refractivity contribution < 1.29 is 18.9 Å². The number of allylic oxidation sites excluding steroid dienone is 1. The Kier molecular flexibility index (Phi) is 2.90. The Morgan fingerprint density at radius 3 is 2.89 bits per heavy atom. The molecule has 102 valence electrons. The van der Waals surface area contributed by atoms with Crippen LogP contribution in [0.25, 0.3) is 0 Å². The van der Waals surface area contributed by atoms with Crippen molar-refractivity contribution in [2.24, 2.45) is 0 Å². The van der Waals surface area contributed by atoms with E-state index in [1.165, 1.54) is 9.78 Å². The maximum Gasteiger partial charge on any atom is 0.176 e. The lowest BCUT2D eigenvalue weighted by Gasteiger charge is -2.27. The van der Waals surface area contributed by atoms with Crippen LogP contribution in [0, 0.1) is 0 Å². The van der Waals surface area contributed by atoms with Crippen LogP contribution in [0.2, 0.25) is 0 Å². The van der Waals surface area contributed by atoms with Gasteiger partial charge >= 0.3 is 0 Å². The molecule has 0 amide bonds. The fourth-order valence-corrected chi connectivity index (χ4v) is 5.05. The Morgan fingerprint density at radius 2 is 1.95 bits per heavy atom. The Labute approximate surface area is 119 Å². The molecule has 1 fully saturated rings. The van der Waals surface area contributed by atoms with Crippen molar-refractivity contribution in [3.63, 3.8) is 0 Å². The van der Waals surface area contributed by atoms with E-state index in [9.17, 15) is 0 Å². The van der Waals surface area contributed by atoms with E-state index in [1.807, 2.05) is 5.38 Å². The Morgan fingerprint density at radius 1 is 1.11 bits per heavy atom. The van der Waals surface area contributed by atoms with Crippen LogP contribution in [0.15, 0.2) is 16.0 Å². The van der Waals surface area contributed by atoms with Crippen molar-refractivity contribution >= 4 is 23.1 Å². The molecular weight excluding hydrogens is 284 g/mol. The highest BCUT2D eigenvalue weighted by Gasteiger charge is 2.42. The molecule has 0 saturated carbocycles. The quantitative estimate of drug-likeness (QED) is 0.797. The van der Waals surface area contributed by atoms with Crippen molar-refractivity contribution in [2.75, 3.05) is 26.4 Å². The van der Waals surface area contributed by atoms with E-state index in [1.54, 1.807) is 23.1 Å². The van der Waals surface area contributed by atoms with Gasteiger partial charge in [-0.1, -0.05) is 0 Å². The highest BCUT2D eigenvalue weighted by Crippen LogP contribution is 2.56. The van der Waals surface area contributed by atoms with Crippen molar-refractivity contribution in [3.8, 4) is 11.5 Å². The first-order chi connectivity index (χ1) is 9.34. The monoisotopic (exact) mass is 298 g/mol. The molecular formula is C13H14O4S2. The summed E-state index contributed by atoms with van der Waals surface area (Å²) in [6, 6.07) is 0. The van der Waals surface area contributed by atoms with Crippen LogP contribution < -0.4 is 9.47 Å². The van der Waals surface area contributed by atoms with Crippen LogP contribution >= 0.6 is 23.1 Å². The summed E-state index contributed by atoms with van der Waals surface area (Å²) in [5.74, 6) is 2.77. The molecule has 0 bridgehead atoms. The molecule has 4 rings (SSSR count). The summed E-state index contributed by atoms with van der Waals surface area (Å²) in [6.07, 6.45) is 0.0204. The molecule has 19 heavy (non-hydrogen) atoms. The third-order valence-corrected chi connectivity index (χ3v) is 5.87. The third-order valence-electron chi connectivity index (χ3n) is 3.41. The zero-order valence-electron chi connectivity index (χ0n) is 10.5. The lowest BCUT2D eigenvalue weighted by atomic mass is 10.1. The van der Waals surface area contributed by atoms with Gasteiger partial charge in [0.25, 0.3) is 0 Å². The van der Waals surface area contributed by atoms with E-state index in [2.05, 4.69) is 6.92 Å². The first kappa shape index (κ1) is 11.9. The number of ether oxygens (including phenoxy) is 4. The lowest BCUT2D eigenvalue weighted by Crippen LogP contribution is -2.28. The predicted molar refractivity (Wildman–Crippen MR) is 74.0 cm³/mol. The van der Waals surface area contributed by atoms with Crippen LogP contribution in [0.3, 0.4) is 0 Å². The minimum Gasteiger partial charge on any atom is -0.492 e. The van der Waals surface area contributed by atoms with Gasteiger partial charge in [0, 0.05) is 10.3 Å². The van der Waals surface area contributed by atoms with Crippen LogP contribution in [-0.4, -0.2) is 32.5 Å². The van der Waals surface area contributed by atoms with Crippen LogP contribution in [0.1, 0.15) is 17.1 Å². The minimum absolute atomic E-state index is 0.0204. The molecule has 0 spiro atoms. The number of hydrogen-bond acceptors (Lipinski definition) is 6. The topological polar surface area (TPSA) is 36.9 Å². The summed E-state index contributed by atoms with van der Waals surface area (Å²) in [5.41, 5.74) is 0. The first-order valence-corrected chi connectivity index (χ1v) is 8.09. The Bertz CT molecular complexity index is 537. The SMILES string of the molecule is CC1=C2OCCOC2C(c2scc3c2OCCO3)S1. The average molecular weight is 298 g/mol. The normalized spacial score (nSPS) is 29.1. The van der Waals surface area contributed by atoms with Gasteiger partial charge in [-0.2, -0.15) is 0 Å². The molecule has 1 aromatic heterocycles. The van der Waals surface area contributed by atoms with Gasteiger partial charge in [0.05, 0.1) is 16.7 Å². The van der Waals surface area contributed by atoms with E-state index < -0.39 is 0 Å². The van der Waals surface area contributed by atoms with E-state index in [4.69, 9.17) is 18.9 Å². The fraction of sp³-hybridized carbons (Fsp3) is 0.538. The molecule has 0 radical (unpaired) electrons. The van der Waals surface area contributed by atoms with Crippen molar-refractivity contribution in [2.45, 2.75) is 18.3 Å². The summed E-state index contributed by atoms with van der Waals surface area (Å²) in [7, 11) is 0. The number of hydrogen-bond donors (Lipinski definition) is 0. The molecule has 3 aliphatic rings. The predicted octanol–water partition coefficient (Wildman–Crippen LogP) is 2.95. The van der Waals surface area contributed by atoms with Crippen molar-refractivity contribution in [3.05, 3.63) is 20.9 Å². The van der Waals surface area contributed by atoms with E-state index in [0.29, 0.717) is 26.4 Å².